The van der Waals surface area contributed by atoms with Crippen molar-refractivity contribution in [1.29, 1.82) is 0 Å². The first-order valence-electron chi connectivity index (χ1n) is 5.25. The van der Waals surface area contributed by atoms with Crippen LogP contribution in [0.25, 0.3) is 0 Å². The number of carbonyl (C=O) groups is 2. The molecule has 1 rings (SSSR count). The molecule has 0 amide bonds. The highest BCUT2D eigenvalue weighted by atomic mass is 16.5. The number of ether oxygens (including phenoxy) is 1. The highest BCUT2D eigenvalue weighted by molar-refractivity contribution is 5.80. The lowest BCUT2D eigenvalue weighted by atomic mass is 9.98. The third-order valence-electron chi connectivity index (χ3n) is 2.74. The molecule has 0 bridgehead atoms. The molecule has 0 aromatic heterocycles. The summed E-state index contributed by atoms with van der Waals surface area (Å²) in [5.41, 5.74) is -0.910. The van der Waals surface area contributed by atoms with Gasteiger partial charge < -0.3 is 9.84 Å². The van der Waals surface area contributed by atoms with Gasteiger partial charge in [0.15, 0.2) is 0 Å². The molecule has 5 heteroatoms. The van der Waals surface area contributed by atoms with Crippen molar-refractivity contribution in [1.82, 2.24) is 5.32 Å². The van der Waals surface area contributed by atoms with Crippen molar-refractivity contribution in [2.45, 2.75) is 38.1 Å². The molecular formula is C10H17NO4. The Kier molecular flexibility index (Phi) is 4.08. The molecule has 5 nitrogen and oxygen atoms in total. The zero-order valence-electron chi connectivity index (χ0n) is 8.91. The van der Waals surface area contributed by atoms with Gasteiger partial charge in [0, 0.05) is 0 Å². The maximum absolute atomic E-state index is 11.1. The van der Waals surface area contributed by atoms with Crippen LogP contribution >= 0.6 is 0 Å². The van der Waals surface area contributed by atoms with Gasteiger partial charge in [0.05, 0.1) is 13.2 Å². The fourth-order valence-corrected chi connectivity index (χ4v) is 1.90. The summed E-state index contributed by atoms with van der Waals surface area (Å²) >= 11 is 0. The Hall–Kier alpha value is -1.10. The maximum atomic E-state index is 11.1. The number of rotatable bonds is 5. The molecule has 2 N–H and O–H groups in total. The molecule has 0 saturated heterocycles. The normalized spacial score (nSPS) is 18.7. The molecule has 0 spiro atoms. The Balaban J connectivity index is 2.46. The second-order valence-electron chi connectivity index (χ2n) is 3.75. The Morgan fingerprint density at radius 2 is 2.00 bits per heavy atom. The molecule has 1 fully saturated rings. The number of nitrogens with one attached hydrogen (secondary N) is 1. The number of hydrogen-bond donors (Lipinski definition) is 2. The Morgan fingerprint density at radius 1 is 1.40 bits per heavy atom. The van der Waals surface area contributed by atoms with Crippen LogP contribution in [0.5, 0.6) is 0 Å². The molecule has 0 radical (unpaired) electrons. The Labute approximate surface area is 88.8 Å². The average Bonchev–Trinajstić information content (AvgIpc) is 2.65. The highest BCUT2D eigenvalue weighted by Gasteiger charge is 2.41. The van der Waals surface area contributed by atoms with Crippen molar-refractivity contribution in [2.75, 3.05) is 13.2 Å². The summed E-state index contributed by atoms with van der Waals surface area (Å²) in [7, 11) is 0. The summed E-state index contributed by atoms with van der Waals surface area (Å²) in [6.45, 7) is 2.02. The van der Waals surface area contributed by atoms with E-state index >= 15 is 0 Å². The van der Waals surface area contributed by atoms with Crippen molar-refractivity contribution in [2.24, 2.45) is 0 Å². The van der Waals surface area contributed by atoms with E-state index in [0.717, 1.165) is 12.8 Å². The molecule has 0 aromatic carbocycles. The summed E-state index contributed by atoms with van der Waals surface area (Å²) < 4.78 is 4.73. The van der Waals surface area contributed by atoms with Crippen LogP contribution in [-0.4, -0.2) is 35.7 Å². The molecule has 0 unspecified atom stereocenters. The molecular weight excluding hydrogens is 198 g/mol. The highest BCUT2D eigenvalue weighted by Crippen LogP contribution is 2.29. The molecule has 0 aliphatic heterocycles. The smallest absolute Gasteiger partial charge is 0.323 e. The lowest BCUT2D eigenvalue weighted by Crippen LogP contribution is -2.51. The van der Waals surface area contributed by atoms with Gasteiger partial charge in [-0.25, -0.2) is 0 Å². The minimum atomic E-state index is -0.910. The SMILES string of the molecule is CCOC(=O)CNC1(C(=O)O)CCCC1. The number of hydrogen-bond acceptors (Lipinski definition) is 4. The predicted octanol–water partition coefficient (Wildman–Crippen LogP) is 0.536. The molecule has 1 saturated carbocycles. The van der Waals surface area contributed by atoms with Crippen LogP contribution in [0.4, 0.5) is 0 Å². The van der Waals surface area contributed by atoms with E-state index in [-0.39, 0.29) is 6.54 Å². The van der Waals surface area contributed by atoms with Crippen LogP contribution in [0.3, 0.4) is 0 Å². The maximum Gasteiger partial charge on any atom is 0.323 e. The second-order valence-corrected chi connectivity index (χ2v) is 3.75. The van der Waals surface area contributed by atoms with Crippen molar-refractivity contribution in [3.05, 3.63) is 0 Å². The van der Waals surface area contributed by atoms with E-state index in [9.17, 15) is 9.59 Å². The largest absolute Gasteiger partial charge is 0.480 e. The number of carboxylic acid groups (broad SMARTS) is 1. The van der Waals surface area contributed by atoms with Crippen LogP contribution in [-0.2, 0) is 14.3 Å². The lowest BCUT2D eigenvalue weighted by Gasteiger charge is -2.24. The van der Waals surface area contributed by atoms with Crippen LogP contribution in [0, 0.1) is 0 Å². The van der Waals surface area contributed by atoms with E-state index in [0.29, 0.717) is 19.4 Å². The van der Waals surface area contributed by atoms with Crippen molar-refractivity contribution in [3.63, 3.8) is 0 Å². The van der Waals surface area contributed by atoms with Gasteiger partial charge in [0.2, 0.25) is 0 Å². The van der Waals surface area contributed by atoms with Crippen LogP contribution < -0.4 is 5.32 Å². The number of carboxylic acids is 1. The summed E-state index contributed by atoms with van der Waals surface area (Å²) in [5.74, 6) is -1.27. The average molecular weight is 215 g/mol. The standard InChI is InChI=1S/C10H17NO4/c1-2-15-8(12)7-11-10(9(13)14)5-3-4-6-10/h11H,2-7H2,1H3,(H,13,14). The molecule has 15 heavy (non-hydrogen) atoms. The van der Waals surface area contributed by atoms with E-state index in [2.05, 4.69) is 5.32 Å². The van der Waals surface area contributed by atoms with Crippen molar-refractivity contribution in [3.8, 4) is 0 Å². The van der Waals surface area contributed by atoms with Gasteiger partial charge in [0.1, 0.15) is 5.54 Å². The van der Waals surface area contributed by atoms with E-state index in [1.54, 1.807) is 6.92 Å². The molecule has 1 aliphatic rings. The van der Waals surface area contributed by atoms with Gasteiger partial charge in [-0.2, -0.15) is 0 Å². The minimum Gasteiger partial charge on any atom is -0.480 e. The summed E-state index contributed by atoms with van der Waals surface area (Å²) in [6.07, 6.45) is 2.95. The van der Waals surface area contributed by atoms with E-state index in [1.165, 1.54) is 0 Å². The van der Waals surface area contributed by atoms with Gasteiger partial charge in [-0.05, 0) is 19.8 Å². The first kappa shape index (κ1) is 12.0. The van der Waals surface area contributed by atoms with Gasteiger partial charge >= 0.3 is 11.9 Å². The second kappa shape index (κ2) is 5.11. The van der Waals surface area contributed by atoms with Crippen molar-refractivity contribution < 1.29 is 19.4 Å². The lowest BCUT2D eigenvalue weighted by molar-refractivity contribution is -0.146. The number of esters is 1. The zero-order chi connectivity index (χ0) is 11.3. The van der Waals surface area contributed by atoms with Gasteiger partial charge in [0.25, 0.3) is 0 Å². The third-order valence-corrected chi connectivity index (χ3v) is 2.74. The zero-order valence-corrected chi connectivity index (χ0v) is 8.91. The van der Waals surface area contributed by atoms with E-state index in [1.807, 2.05) is 0 Å². The summed E-state index contributed by atoms with van der Waals surface area (Å²) in [5, 5.41) is 11.9. The quantitative estimate of drug-likeness (QED) is 0.654. The number of carbonyl (C=O) groups excluding carboxylic acids is 1. The van der Waals surface area contributed by atoms with Gasteiger partial charge in [-0.3, -0.25) is 14.9 Å². The third kappa shape index (κ3) is 2.92. The van der Waals surface area contributed by atoms with Crippen LogP contribution in [0.1, 0.15) is 32.6 Å². The fraction of sp³-hybridized carbons (Fsp3) is 0.800. The molecule has 0 heterocycles. The monoisotopic (exact) mass is 215 g/mol. The van der Waals surface area contributed by atoms with Crippen molar-refractivity contribution >= 4 is 11.9 Å². The summed E-state index contributed by atoms with van der Waals surface area (Å²) in [6, 6.07) is 0. The van der Waals surface area contributed by atoms with E-state index < -0.39 is 17.5 Å². The first-order valence-corrected chi connectivity index (χ1v) is 5.25. The number of aliphatic carboxylic acids is 1. The molecule has 0 atom stereocenters. The summed E-state index contributed by atoms with van der Waals surface area (Å²) in [4.78, 5) is 22.2. The van der Waals surface area contributed by atoms with Gasteiger partial charge in [-0.1, -0.05) is 12.8 Å². The molecule has 86 valence electrons. The molecule has 0 aromatic rings. The fourth-order valence-electron chi connectivity index (χ4n) is 1.90. The first-order chi connectivity index (χ1) is 7.10. The minimum absolute atomic E-state index is 0.0276. The topological polar surface area (TPSA) is 75.6 Å². The Bertz CT molecular complexity index is 246. The molecule has 1 aliphatic carbocycles. The van der Waals surface area contributed by atoms with Crippen LogP contribution in [0.15, 0.2) is 0 Å². The van der Waals surface area contributed by atoms with E-state index in [4.69, 9.17) is 9.84 Å². The Morgan fingerprint density at radius 3 is 2.47 bits per heavy atom. The predicted molar refractivity (Wildman–Crippen MR) is 53.5 cm³/mol. The van der Waals surface area contributed by atoms with Crippen LogP contribution in [0.2, 0.25) is 0 Å². The van der Waals surface area contributed by atoms with Gasteiger partial charge in [-0.15, -0.1) is 0 Å².